The number of aromatic nitrogens is 1. The van der Waals surface area contributed by atoms with Gasteiger partial charge in [-0.2, -0.15) is 0 Å². The van der Waals surface area contributed by atoms with Gasteiger partial charge in [-0.25, -0.2) is 0 Å². The molecule has 0 saturated heterocycles. The number of pyridine rings is 1. The van der Waals surface area contributed by atoms with E-state index in [-0.39, 0.29) is 17.9 Å². The number of thiophene rings is 1. The number of nitrogens with zero attached hydrogens (tertiary/aromatic N) is 2. The Morgan fingerprint density at radius 1 is 1.23 bits per heavy atom. The van der Waals surface area contributed by atoms with Gasteiger partial charge in [0.2, 0.25) is 5.78 Å². The highest BCUT2D eigenvalue weighted by Crippen LogP contribution is 2.40. The zero-order chi connectivity index (χ0) is 18.1. The van der Waals surface area contributed by atoms with Gasteiger partial charge in [-0.3, -0.25) is 14.6 Å². The van der Waals surface area contributed by atoms with Crippen LogP contribution in [0.4, 0.5) is 0 Å². The fraction of sp³-hybridized carbons (Fsp3) is 0.105. The minimum atomic E-state index is -0.778. The summed E-state index contributed by atoms with van der Waals surface area (Å²) in [6.07, 6.45) is 4.73. The largest absolute Gasteiger partial charge is 0.503 e. The Balaban J connectivity index is 1.77. The van der Waals surface area contributed by atoms with Crippen LogP contribution in [0.1, 0.15) is 27.0 Å². The number of carbonyl (C=O) groups excluding carboxylic acids is 2. The maximum absolute atomic E-state index is 12.9. The predicted molar refractivity (Wildman–Crippen MR) is 94.5 cm³/mol. The molecule has 1 aliphatic heterocycles. The molecule has 3 aromatic rings. The molecule has 0 spiro atoms. The molecular weight excluding hydrogens is 352 g/mol. The second kappa shape index (κ2) is 6.61. The van der Waals surface area contributed by atoms with E-state index < -0.39 is 17.7 Å². The molecule has 0 fully saturated rings. The predicted octanol–water partition coefficient (Wildman–Crippen LogP) is 3.51. The Kier molecular flexibility index (Phi) is 4.14. The van der Waals surface area contributed by atoms with Crippen LogP contribution in [0, 0.1) is 0 Å². The summed E-state index contributed by atoms with van der Waals surface area (Å²) in [6, 6.07) is 9.59. The number of Topliss-reactive ketones (excluding diaryl/α,β-unsaturated/α-hetero) is 1. The topological polar surface area (TPSA) is 83.6 Å². The lowest BCUT2D eigenvalue weighted by molar-refractivity contribution is -0.130. The van der Waals surface area contributed by atoms with Gasteiger partial charge in [-0.1, -0.05) is 6.07 Å². The molecule has 0 saturated carbocycles. The molecule has 26 heavy (non-hydrogen) atoms. The summed E-state index contributed by atoms with van der Waals surface area (Å²) in [5.74, 6) is -1.07. The molecule has 0 bridgehead atoms. The summed E-state index contributed by atoms with van der Waals surface area (Å²) in [5.41, 5.74) is 0.879. The molecule has 130 valence electrons. The van der Waals surface area contributed by atoms with Gasteiger partial charge < -0.3 is 14.4 Å². The number of rotatable bonds is 5. The van der Waals surface area contributed by atoms with E-state index >= 15 is 0 Å². The zero-order valence-electron chi connectivity index (χ0n) is 13.5. The number of aliphatic hydroxyl groups is 1. The van der Waals surface area contributed by atoms with Gasteiger partial charge in [0.15, 0.2) is 5.76 Å². The minimum absolute atomic E-state index is 0.0430. The first-order chi connectivity index (χ1) is 12.7. The Morgan fingerprint density at radius 3 is 2.69 bits per heavy atom. The Morgan fingerprint density at radius 2 is 2.04 bits per heavy atom. The highest BCUT2D eigenvalue weighted by Gasteiger charge is 2.45. The summed E-state index contributed by atoms with van der Waals surface area (Å²) in [6.45, 7) is 0.220. The molecular formula is C19H14N2O4S. The van der Waals surface area contributed by atoms with Crippen LogP contribution < -0.4 is 0 Å². The number of furan rings is 1. The average Bonchev–Trinajstić information content (AvgIpc) is 3.40. The first-order valence-electron chi connectivity index (χ1n) is 7.91. The van der Waals surface area contributed by atoms with Crippen molar-refractivity contribution in [3.63, 3.8) is 0 Å². The van der Waals surface area contributed by atoms with E-state index in [4.69, 9.17) is 4.42 Å². The molecule has 0 aromatic carbocycles. The third-order valence-electron chi connectivity index (χ3n) is 4.21. The maximum atomic E-state index is 12.9. The van der Waals surface area contributed by atoms with E-state index in [2.05, 4.69) is 4.98 Å². The van der Waals surface area contributed by atoms with E-state index in [1.165, 1.54) is 22.5 Å². The van der Waals surface area contributed by atoms with Gasteiger partial charge in [0.1, 0.15) is 11.8 Å². The molecule has 1 unspecified atom stereocenters. The van der Waals surface area contributed by atoms with Crippen LogP contribution in [0.25, 0.3) is 0 Å². The fourth-order valence-corrected chi connectivity index (χ4v) is 3.69. The molecule has 1 aliphatic rings. The van der Waals surface area contributed by atoms with Crippen molar-refractivity contribution in [1.82, 2.24) is 9.88 Å². The van der Waals surface area contributed by atoms with Crippen molar-refractivity contribution >= 4 is 23.0 Å². The summed E-state index contributed by atoms with van der Waals surface area (Å²) in [5, 5.41) is 12.2. The lowest BCUT2D eigenvalue weighted by atomic mass is 10.00. The van der Waals surface area contributed by atoms with Gasteiger partial charge in [-0.15, -0.1) is 11.3 Å². The van der Waals surface area contributed by atoms with Crippen LogP contribution >= 0.6 is 11.3 Å². The summed E-state index contributed by atoms with van der Waals surface area (Å²) in [7, 11) is 0. The molecule has 0 aliphatic carbocycles. The second-order valence-corrected chi connectivity index (χ2v) is 6.72. The van der Waals surface area contributed by atoms with Crippen LogP contribution in [0.3, 0.4) is 0 Å². The molecule has 3 aromatic heterocycles. The molecule has 6 nitrogen and oxygen atoms in total. The number of amides is 1. The van der Waals surface area contributed by atoms with Crippen LogP contribution in [-0.2, 0) is 11.3 Å². The summed E-state index contributed by atoms with van der Waals surface area (Å²) >= 11 is 1.26. The highest BCUT2D eigenvalue weighted by molar-refractivity contribution is 7.12. The van der Waals surface area contributed by atoms with Gasteiger partial charge in [0.25, 0.3) is 5.91 Å². The third-order valence-corrected chi connectivity index (χ3v) is 5.08. The Hall–Kier alpha value is -3.19. The van der Waals surface area contributed by atoms with E-state index in [1.807, 2.05) is 0 Å². The molecule has 1 N–H and O–H groups in total. The molecule has 7 heteroatoms. The van der Waals surface area contributed by atoms with E-state index in [9.17, 15) is 14.7 Å². The standard InChI is InChI=1S/C19H14N2O4S/c22-17(14-4-2-10-26-14)15-16(13-3-1-9-25-13)21(19(24)18(15)23)11-12-5-7-20-8-6-12/h1-10,16,23H,11H2. The van der Waals surface area contributed by atoms with E-state index in [1.54, 1.807) is 54.2 Å². The number of aliphatic hydroxyl groups excluding tert-OH is 1. The van der Waals surface area contributed by atoms with Crippen molar-refractivity contribution < 1.29 is 19.1 Å². The smallest absolute Gasteiger partial charge is 0.290 e. The lowest BCUT2D eigenvalue weighted by Crippen LogP contribution is -2.30. The average molecular weight is 366 g/mol. The Labute approximate surface area is 153 Å². The van der Waals surface area contributed by atoms with Gasteiger partial charge in [0, 0.05) is 18.9 Å². The van der Waals surface area contributed by atoms with Crippen molar-refractivity contribution in [3.05, 3.63) is 88.0 Å². The molecule has 1 atom stereocenters. The van der Waals surface area contributed by atoms with Crippen molar-refractivity contribution in [1.29, 1.82) is 0 Å². The summed E-state index contributed by atoms with van der Waals surface area (Å²) < 4.78 is 5.48. The van der Waals surface area contributed by atoms with Crippen LogP contribution in [0.5, 0.6) is 0 Å². The third kappa shape index (κ3) is 2.72. The highest BCUT2D eigenvalue weighted by atomic mass is 32.1. The quantitative estimate of drug-likeness (QED) is 0.699. The first kappa shape index (κ1) is 16.3. The SMILES string of the molecule is O=C(C1=C(O)C(=O)N(Cc2ccncc2)C1c1ccco1)c1cccs1. The van der Waals surface area contributed by atoms with Gasteiger partial charge in [0.05, 0.1) is 16.7 Å². The molecule has 1 amide bonds. The first-order valence-corrected chi connectivity index (χ1v) is 8.79. The van der Waals surface area contributed by atoms with Crippen LogP contribution in [0.2, 0.25) is 0 Å². The number of hydrogen-bond acceptors (Lipinski definition) is 6. The molecule has 4 rings (SSSR count). The fourth-order valence-electron chi connectivity index (χ4n) is 3.02. The number of carbonyl (C=O) groups is 2. The van der Waals surface area contributed by atoms with Crippen LogP contribution in [0.15, 0.2) is 76.2 Å². The maximum Gasteiger partial charge on any atom is 0.290 e. The van der Waals surface area contributed by atoms with Crippen LogP contribution in [-0.4, -0.2) is 26.7 Å². The Bertz CT molecular complexity index is 962. The zero-order valence-corrected chi connectivity index (χ0v) is 14.3. The van der Waals surface area contributed by atoms with Gasteiger partial charge in [-0.05, 0) is 41.3 Å². The monoisotopic (exact) mass is 366 g/mol. The van der Waals surface area contributed by atoms with Gasteiger partial charge >= 0.3 is 0 Å². The second-order valence-electron chi connectivity index (χ2n) is 5.78. The van der Waals surface area contributed by atoms with Crippen molar-refractivity contribution in [2.45, 2.75) is 12.6 Å². The molecule has 0 radical (unpaired) electrons. The van der Waals surface area contributed by atoms with Crippen molar-refractivity contribution in [2.24, 2.45) is 0 Å². The minimum Gasteiger partial charge on any atom is -0.503 e. The summed E-state index contributed by atoms with van der Waals surface area (Å²) in [4.78, 5) is 31.5. The molecule has 4 heterocycles. The van der Waals surface area contributed by atoms with Crippen molar-refractivity contribution in [2.75, 3.05) is 0 Å². The normalized spacial score (nSPS) is 17.2. The number of hydrogen-bond donors (Lipinski definition) is 1. The van der Waals surface area contributed by atoms with E-state index in [0.717, 1.165) is 5.56 Å². The van der Waals surface area contributed by atoms with Crippen molar-refractivity contribution in [3.8, 4) is 0 Å². The number of ketones is 1. The van der Waals surface area contributed by atoms with E-state index in [0.29, 0.717) is 10.6 Å². The lowest BCUT2D eigenvalue weighted by Gasteiger charge is -2.24.